The van der Waals surface area contributed by atoms with Crippen LogP contribution in [0.4, 0.5) is 5.69 Å². The van der Waals surface area contributed by atoms with Gasteiger partial charge in [0.2, 0.25) is 15.9 Å². The van der Waals surface area contributed by atoms with E-state index in [1.165, 1.54) is 0 Å². The van der Waals surface area contributed by atoms with Crippen molar-refractivity contribution in [1.29, 1.82) is 0 Å². The molecule has 0 radical (unpaired) electrons. The van der Waals surface area contributed by atoms with Crippen LogP contribution in [0.25, 0.3) is 0 Å². The number of carbonyl (C=O) groups excluding carboxylic acids is 1. The van der Waals surface area contributed by atoms with Crippen LogP contribution < -0.4 is 10.0 Å². The van der Waals surface area contributed by atoms with Crippen molar-refractivity contribution >= 4 is 21.6 Å². The lowest BCUT2D eigenvalue weighted by molar-refractivity contribution is -0.116. The van der Waals surface area contributed by atoms with Crippen molar-refractivity contribution in [3.05, 3.63) is 59.2 Å². The lowest BCUT2D eigenvalue weighted by Gasteiger charge is -2.17. The van der Waals surface area contributed by atoms with E-state index in [1.54, 1.807) is 24.3 Å². The minimum Gasteiger partial charge on any atom is -0.326 e. The second kappa shape index (κ2) is 6.14. The van der Waals surface area contributed by atoms with Crippen LogP contribution in [0.1, 0.15) is 23.1 Å². The highest BCUT2D eigenvalue weighted by Gasteiger charge is 2.16. The van der Waals surface area contributed by atoms with E-state index < -0.39 is 10.0 Å². The highest BCUT2D eigenvalue weighted by molar-refractivity contribution is 7.89. The van der Waals surface area contributed by atoms with E-state index in [2.05, 4.69) is 10.0 Å². The van der Waals surface area contributed by atoms with Crippen molar-refractivity contribution in [3.63, 3.8) is 0 Å². The molecule has 1 heterocycles. The number of hydrogen-bond donors (Lipinski definition) is 2. The molecule has 0 aliphatic carbocycles. The summed E-state index contributed by atoms with van der Waals surface area (Å²) >= 11 is 0. The summed E-state index contributed by atoms with van der Waals surface area (Å²) in [5.74, 6) is 0.0188. The first-order chi connectivity index (χ1) is 10.9. The molecule has 5 nitrogen and oxygen atoms in total. The highest BCUT2D eigenvalue weighted by Crippen LogP contribution is 2.23. The van der Waals surface area contributed by atoms with E-state index >= 15 is 0 Å². The third-order valence-electron chi connectivity index (χ3n) is 3.86. The molecule has 0 fully saturated rings. The smallest absolute Gasteiger partial charge is 0.240 e. The van der Waals surface area contributed by atoms with Gasteiger partial charge >= 0.3 is 0 Å². The SMILES string of the molecule is Cc1ccc(S(=O)(=O)NCc2ccc3c(c2)CCC(=O)N3)cc1. The topological polar surface area (TPSA) is 75.3 Å². The van der Waals surface area contributed by atoms with Gasteiger partial charge in [0, 0.05) is 18.7 Å². The van der Waals surface area contributed by atoms with Crippen molar-refractivity contribution < 1.29 is 13.2 Å². The number of sulfonamides is 1. The van der Waals surface area contributed by atoms with Gasteiger partial charge in [-0.15, -0.1) is 0 Å². The molecule has 0 saturated heterocycles. The Kier molecular flexibility index (Phi) is 4.19. The summed E-state index contributed by atoms with van der Waals surface area (Å²) in [6, 6.07) is 12.3. The molecule has 2 N–H and O–H groups in total. The van der Waals surface area contributed by atoms with Gasteiger partial charge in [-0.3, -0.25) is 4.79 Å². The maximum atomic E-state index is 12.3. The van der Waals surface area contributed by atoms with Gasteiger partial charge in [0.25, 0.3) is 0 Å². The number of rotatable bonds is 4. The molecule has 1 aliphatic rings. The first kappa shape index (κ1) is 15.7. The summed E-state index contributed by atoms with van der Waals surface area (Å²) in [6.45, 7) is 2.13. The van der Waals surface area contributed by atoms with Crippen LogP contribution in [-0.4, -0.2) is 14.3 Å². The van der Waals surface area contributed by atoms with Gasteiger partial charge in [-0.2, -0.15) is 0 Å². The molecule has 3 rings (SSSR count). The molecule has 1 amide bonds. The van der Waals surface area contributed by atoms with Crippen molar-refractivity contribution in [2.24, 2.45) is 0 Å². The van der Waals surface area contributed by atoms with Gasteiger partial charge in [0.05, 0.1) is 4.90 Å². The molecule has 1 aliphatic heterocycles. The predicted octanol–water partition coefficient (Wildman–Crippen LogP) is 2.36. The summed E-state index contributed by atoms with van der Waals surface area (Å²) in [7, 11) is -3.53. The number of benzene rings is 2. The molecule has 0 spiro atoms. The van der Waals surface area contributed by atoms with Crippen molar-refractivity contribution in [2.75, 3.05) is 5.32 Å². The molecule has 0 bridgehead atoms. The zero-order valence-corrected chi connectivity index (χ0v) is 13.6. The number of carbonyl (C=O) groups is 1. The molecule has 0 saturated carbocycles. The van der Waals surface area contributed by atoms with E-state index in [4.69, 9.17) is 0 Å². The number of nitrogens with one attached hydrogen (secondary N) is 2. The molecular weight excluding hydrogens is 312 g/mol. The summed E-state index contributed by atoms with van der Waals surface area (Å²) < 4.78 is 27.2. The first-order valence-corrected chi connectivity index (χ1v) is 8.90. The third kappa shape index (κ3) is 3.60. The molecule has 6 heteroatoms. The average molecular weight is 330 g/mol. The largest absolute Gasteiger partial charge is 0.326 e. The Morgan fingerprint density at radius 1 is 1.09 bits per heavy atom. The van der Waals surface area contributed by atoms with Crippen LogP contribution >= 0.6 is 0 Å². The second-order valence-electron chi connectivity index (χ2n) is 5.68. The molecule has 2 aromatic carbocycles. The maximum Gasteiger partial charge on any atom is 0.240 e. The Morgan fingerprint density at radius 3 is 2.57 bits per heavy atom. The summed E-state index contributed by atoms with van der Waals surface area (Å²) in [4.78, 5) is 11.6. The molecule has 0 aromatic heterocycles. The minimum absolute atomic E-state index is 0.0188. The Balaban J connectivity index is 1.73. The lowest BCUT2D eigenvalue weighted by atomic mass is 10.0. The number of anilines is 1. The molecular formula is C17H18N2O3S. The van der Waals surface area contributed by atoms with Gasteiger partial charge in [0.1, 0.15) is 0 Å². The van der Waals surface area contributed by atoms with Crippen LogP contribution in [0.3, 0.4) is 0 Å². The maximum absolute atomic E-state index is 12.3. The molecule has 23 heavy (non-hydrogen) atoms. The fourth-order valence-electron chi connectivity index (χ4n) is 2.53. The highest BCUT2D eigenvalue weighted by atomic mass is 32.2. The van der Waals surface area contributed by atoms with E-state index in [0.29, 0.717) is 12.8 Å². The van der Waals surface area contributed by atoms with E-state index in [9.17, 15) is 13.2 Å². The van der Waals surface area contributed by atoms with Crippen LogP contribution in [0.5, 0.6) is 0 Å². The van der Waals surface area contributed by atoms with Gasteiger partial charge in [0.15, 0.2) is 0 Å². The van der Waals surface area contributed by atoms with Crippen molar-refractivity contribution in [1.82, 2.24) is 4.72 Å². The van der Waals surface area contributed by atoms with Crippen molar-refractivity contribution in [3.8, 4) is 0 Å². The van der Waals surface area contributed by atoms with E-state index in [-0.39, 0.29) is 17.3 Å². The monoisotopic (exact) mass is 330 g/mol. The fraction of sp³-hybridized carbons (Fsp3) is 0.235. The Hall–Kier alpha value is -2.18. The van der Waals surface area contributed by atoms with Crippen molar-refractivity contribution in [2.45, 2.75) is 31.2 Å². The second-order valence-corrected chi connectivity index (χ2v) is 7.44. The van der Waals surface area contributed by atoms with Crippen LogP contribution in [0.2, 0.25) is 0 Å². The van der Waals surface area contributed by atoms with Gasteiger partial charge < -0.3 is 5.32 Å². The van der Waals surface area contributed by atoms with Gasteiger partial charge in [-0.05, 0) is 42.7 Å². The Morgan fingerprint density at radius 2 is 1.83 bits per heavy atom. The van der Waals surface area contributed by atoms with Crippen LogP contribution in [0, 0.1) is 6.92 Å². The van der Waals surface area contributed by atoms with Crippen LogP contribution in [0.15, 0.2) is 47.4 Å². The number of amides is 1. The summed E-state index contributed by atoms with van der Waals surface area (Å²) in [5, 5.41) is 2.81. The summed E-state index contributed by atoms with van der Waals surface area (Å²) in [5.41, 5.74) is 3.74. The predicted molar refractivity (Wildman–Crippen MR) is 88.6 cm³/mol. The average Bonchev–Trinajstić information content (AvgIpc) is 2.53. The number of aryl methyl sites for hydroxylation is 2. The molecule has 2 aromatic rings. The quantitative estimate of drug-likeness (QED) is 0.903. The standard InChI is InChI=1S/C17H18N2O3S/c1-12-2-6-15(7-3-12)23(21,22)18-11-13-4-8-16-14(10-13)5-9-17(20)19-16/h2-4,6-8,10,18H,5,9,11H2,1H3,(H,19,20). The molecule has 0 unspecified atom stereocenters. The normalized spacial score (nSPS) is 14.2. The summed E-state index contributed by atoms with van der Waals surface area (Å²) in [6.07, 6.45) is 1.14. The zero-order valence-electron chi connectivity index (χ0n) is 12.8. The van der Waals surface area contributed by atoms with Gasteiger partial charge in [-0.25, -0.2) is 13.1 Å². The first-order valence-electron chi connectivity index (χ1n) is 7.42. The van der Waals surface area contributed by atoms with Crippen LogP contribution in [-0.2, 0) is 27.8 Å². The third-order valence-corrected chi connectivity index (χ3v) is 5.28. The Bertz CT molecular complexity index is 843. The van der Waals surface area contributed by atoms with E-state index in [1.807, 2.05) is 25.1 Å². The van der Waals surface area contributed by atoms with E-state index in [0.717, 1.165) is 22.4 Å². The lowest BCUT2D eigenvalue weighted by Crippen LogP contribution is -2.24. The zero-order chi connectivity index (χ0) is 16.4. The Labute approximate surface area is 135 Å². The minimum atomic E-state index is -3.53. The number of fused-ring (bicyclic) bond motifs is 1. The number of hydrogen-bond acceptors (Lipinski definition) is 3. The fourth-order valence-corrected chi connectivity index (χ4v) is 3.54. The molecule has 120 valence electrons. The van der Waals surface area contributed by atoms with Gasteiger partial charge in [-0.1, -0.05) is 29.8 Å². The molecule has 0 atom stereocenters.